The number of hydrogen-bond acceptors (Lipinski definition) is 4. The highest BCUT2D eigenvalue weighted by atomic mass is 35.5. The van der Waals surface area contributed by atoms with Crippen LogP contribution in [0, 0.1) is 0 Å². The Bertz CT molecular complexity index is 650. The summed E-state index contributed by atoms with van der Waals surface area (Å²) >= 11 is 6.16. The number of para-hydroxylation sites is 1. The normalized spacial score (nSPS) is 10.0. The molecule has 0 bridgehead atoms. The minimum Gasteiger partial charge on any atom is -0.496 e. The second kappa shape index (κ2) is 10.3. The average molecular weight is 372 g/mol. The van der Waals surface area contributed by atoms with E-state index in [-0.39, 0.29) is 12.4 Å². The van der Waals surface area contributed by atoms with E-state index in [1.54, 1.807) is 20.3 Å². The molecule has 0 spiro atoms. The Labute approximate surface area is 154 Å². The van der Waals surface area contributed by atoms with Crippen molar-refractivity contribution in [1.82, 2.24) is 5.32 Å². The van der Waals surface area contributed by atoms with Gasteiger partial charge in [-0.25, -0.2) is 0 Å². The molecule has 2 aromatic rings. The maximum Gasteiger partial charge on any atom is 0.165 e. The van der Waals surface area contributed by atoms with E-state index in [1.165, 1.54) is 0 Å². The Morgan fingerprint density at radius 3 is 2.29 bits per heavy atom. The molecule has 0 aliphatic carbocycles. The molecule has 0 saturated carbocycles. The van der Waals surface area contributed by atoms with Crippen molar-refractivity contribution in [3.8, 4) is 17.2 Å². The van der Waals surface area contributed by atoms with Gasteiger partial charge in [-0.15, -0.1) is 12.4 Å². The minimum atomic E-state index is 0. The van der Waals surface area contributed by atoms with Gasteiger partial charge in [0.25, 0.3) is 0 Å². The van der Waals surface area contributed by atoms with Gasteiger partial charge in [-0.2, -0.15) is 0 Å². The number of nitrogens with one attached hydrogen (secondary N) is 1. The van der Waals surface area contributed by atoms with Crippen LogP contribution in [0.3, 0.4) is 0 Å². The van der Waals surface area contributed by atoms with E-state index < -0.39 is 0 Å². The van der Waals surface area contributed by atoms with E-state index in [0.717, 1.165) is 22.6 Å². The maximum atomic E-state index is 6.16. The first-order valence-corrected chi connectivity index (χ1v) is 7.89. The van der Waals surface area contributed by atoms with E-state index in [4.69, 9.17) is 25.8 Å². The lowest BCUT2D eigenvalue weighted by Crippen LogP contribution is -2.14. The topological polar surface area (TPSA) is 39.7 Å². The van der Waals surface area contributed by atoms with Crippen LogP contribution in [-0.4, -0.2) is 20.8 Å². The van der Waals surface area contributed by atoms with E-state index in [1.807, 2.05) is 37.3 Å². The zero-order valence-electron chi connectivity index (χ0n) is 14.1. The molecule has 0 aromatic heterocycles. The summed E-state index contributed by atoms with van der Waals surface area (Å²) in [7, 11) is 3.29. The van der Waals surface area contributed by atoms with Gasteiger partial charge in [-0.05, 0) is 19.1 Å². The number of hydrogen-bond donors (Lipinski definition) is 1. The average Bonchev–Trinajstić information content (AvgIpc) is 2.57. The van der Waals surface area contributed by atoms with E-state index in [0.29, 0.717) is 30.5 Å². The molecule has 0 fully saturated rings. The van der Waals surface area contributed by atoms with Gasteiger partial charge in [0.1, 0.15) is 5.75 Å². The Morgan fingerprint density at radius 2 is 1.62 bits per heavy atom. The number of halogens is 2. The quantitative estimate of drug-likeness (QED) is 0.742. The molecule has 0 aliphatic rings. The molecule has 4 nitrogen and oxygen atoms in total. The minimum absolute atomic E-state index is 0. The molecule has 2 rings (SSSR count). The zero-order chi connectivity index (χ0) is 16.7. The third kappa shape index (κ3) is 5.20. The molecule has 0 aliphatic heterocycles. The van der Waals surface area contributed by atoms with Gasteiger partial charge in [-0.3, -0.25) is 0 Å². The number of benzene rings is 2. The fraction of sp³-hybridized carbons (Fsp3) is 0.333. The predicted octanol–water partition coefficient (Wildman–Crippen LogP) is 4.47. The van der Waals surface area contributed by atoms with Crippen molar-refractivity contribution in [2.24, 2.45) is 0 Å². The fourth-order valence-corrected chi connectivity index (χ4v) is 2.63. The highest BCUT2D eigenvalue weighted by Gasteiger charge is 2.12. The van der Waals surface area contributed by atoms with Crippen molar-refractivity contribution < 1.29 is 14.2 Å². The smallest absolute Gasteiger partial charge is 0.165 e. The first-order valence-electron chi connectivity index (χ1n) is 7.51. The van der Waals surface area contributed by atoms with Gasteiger partial charge in [0.2, 0.25) is 0 Å². The second-order valence-electron chi connectivity index (χ2n) is 4.94. The highest BCUT2D eigenvalue weighted by molar-refractivity contribution is 6.30. The number of methoxy groups -OCH3 is 2. The lowest BCUT2D eigenvalue weighted by atomic mass is 10.1. The summed E-state index contributed by atoms with van der Waals surface area (Å²) < 4.78 is 16.4. The van der Waals surface area contributed by atoms with Crippen molar-refractivity contribution in [2.45, 2.75) is 20.0 Å². The summed E-state index contributed by atoms with van der Waals surface area (Å²) in [5, 5.41) is 4.02. The lowest BCUT2D eigenvalue weighted by Gasteiger charge is -2.16. The summed E-state index contributed by atoms with van der Waals surface area (Å²) in [5.41, 5.74) is 2.06. The standard InChI is InChI=1S/C18H22ClNO3.ClH/c1-4-23-18-14(9-15(19)10-17(18)22-3)12-20-11-13-7-5-6-8-16(13)21-2;/h5-10,20H,4,11-12H2,1-3H3;1H. The molecule has 2 aromatic carbocycles. The highest BCUT2D eigenvalue weighted by Crippen LogP contribution is 2.34. The zero-order valence-corrected chi connectivity index (χ0v) is 15.7. The molecule has 0 atom stereocenters. The third-order valence-corrected chi connectivity index (χ3v) is 3.65. The van der Waals surface area contributed by atoms with Crippen LogP contribution in [0.5, 0.6) is 17.2 Å². The van der Waals surface area contributed by atoms with Crippen LogP contribution in [0.1, 0.15) is 18.1 Å². The van der Waals surface area contributed by atoms with Gasteiger partial charge in [0, 0.05) is 35.3 Å². The van der Waals surface area contributed by atoms with E-state index in [9.17, 15) is 0 Å². The Morgan fingerprint density at radius 1 is 0.958 bits per heavy atom. The number of ether oxygens (including phenoxy) is 3. The van der Waals surface area contributed by atoms with Crippen LogP contribution in [0.4, 0.5) is 0 Å². The van der Waals surface area contributed by atoms with Gasteiger partial charge >= 0.3 is 0 Å². The largest absolute Gasteiger partial charge is 0.496 e. The Hall–Kier alpha value is -1.62. The molecule has 0 saturated heterocycles. The van der Waals surface area contributed by atoms with Crippen molar-refractivity contribution in [1.29, 1.82) is 0 Å². The molecule has 0 amide bonds. The van der Waals surface area contributed by atoms with Crippen LogP contribution < -0.4 is 19.5 Å². The van der Waals surface area contributed by atoms with Crippen LogP contribution >= 0.6 is 24.0 Å². The molecule has 0 radical (unpaired) electrons. The van der Waals surface area contributed by atoms with E-state index >= 15 is 0 Å². The summed E-state index contributed by atoms with van der Waals surface area (Å²) in [6.07, 6.45) is 0. The monoisotopic (exact) mass is 371 g/mol. The summed E-state index contributed by atoms with van der Waals surface area (Å²) in [4.78, 5) is 0. The second-order valence-corrected chi connectivity index (χ2v) is 5.38. The van der Waals surface area contributed by atoms with Crippen molar-refractivity contribution in [2.75, 3.05) is 20.8 Å². The third-order valence-electron chi connectivity index (χ3n) is 3.43. The summed E-state index contributed by atoms with van der Waals surface area (Å²) in [5.74, 6) is 2.24. The first-order chi connectivity index (χ1) is 11.2. The molecule has 0 unspecified atom stereocenters. The molecule has 24 heavy (non-hydrogen) atoms. The maximum absolute atomic E-state index is 6.16. The van der Waals surface area contributed by atoms with E-state index in [2.05, 4.69) is 5.32 Å². The van der Waals surface area contributed by atoms with Crippen molar-refractivity contribution in [3.63, 3.8) is 0 Å². The number of rotatable bonds is 8. The van der Waals surface area contributed by atoms with Crippen LogP contribution in [0.25, 0.3) is 0 Å². The molecule has 6 heteroatoms. The summed E-state index contributed by atoms with van der Waals surface area (Å²) in [6.45, 7) is 3.81. The molecule has 0 heterocycles. The molecule has 1 N–H and O–H groups in total. The first kappa shape index (κ1) is 20.4. The van der Waals surface area contributed by atoms with Crippen LogP contribution in [0.2, 0.25) is 5.02 Å². The van der Waals surface area contributed by atoms with Gasteiger partial charge < -0.3 is 19.5 Å². The van der Waals surface area contributed by atoms with Crippen LogP contribution in [0.15, 0.2) is 36.4 Å². The Balaban J connectivity index is 0.00000288. The van der Waals surface area contributed by atoms with Gasteiger partial charge in [-0.1, -0.05) is 29.8 Å². The SMILES string of the molecule is CCOc1c(CNCc2ccccc2OC)cc(Cl)cc1OC.Cl. The van der Waals surface area contributed by atoms with Crippen molar-refractivity contribution >= 4 is 24.0 Å². The molecular weight excluding hydrogens is 349 g/mol. The molecular formula is C18H23Cl2NO3. The lowest BCUT2D eigenvalue weighted by molar-refractivity contribution is 0.306. The van der Waals surface area contributed by atoms with Gasteiger partial charge in [0.05, 0.1) is 20.8 Å². The molecule has 132 valence electrons. The van der Waals surface area contributed by atoms with Crippen molar-refractivity contribution in [3.05, 3.63) is 52.5 Å². The predicted molar refractivity (Wildman–Crippen MR) is 100.0 cm³/mol. The Kier molecular flexibility index (Phi) is 8.76. The summed E-state index contributed by atoms with van der Waals surface area (Å²) in [6, 6.07) is 11.6. The van der Waals surface area contributed by atoms with Crippen LogP contribution in [-0.2, 0) is 13.1 Å². The van der Waals surface area contributed by atoms with Gasteiger partial charge in [0.15, 0.2) is 11.5 Å². The fourth-order valence-electron chi connectivity index (χ4n) is 2.39.